The molecule has 0 aliphatic rings. The minimum absolute atomic E-state index is 0.751. The van der Waals surface area contributed by atoms with Crippen LogP contribution in [0.4, 0.5) is 11.5 Å². The highest BCUT2D eigenvalue weighted by atomic mass is 15.1. The lowest BCUT2D eigenvalue weighted by atomic mass is 10.1. The Morgan fingerprint density at radius 3 is 2.52 bits per heavy atom. The van der Waals surface area contributed by atoms with E-state index in [-0.39, 0.29) is 0 Å². The number of hydrogen-bond donors (Lipinski definition) is 2. The third-order valence-electron chi connectivity index (χ3n) is 3.69. The molecule has 112 valence electrons. The fraction of sp³-hybridized carbons (Fsp3) is 0.0556. The van der Waals surface area contributed by atoms with Crippen molar-refractivity contribution in [2.24, 2.45) is 0 Å². The van der Waals surface area contributed by atoms with Gasteiger partial charge in [0.15, 0.2) is 0 Å². The maximum atomic E-state index is 4.53. The first-order chi connectivity index (χ1) is 11.3. The van der Waals surface area contributed by atoms with Crippen LogP contribution in [0, 0.1) is 6.92 Å². The molecule has 0 spiro atoms. The Morgan fingerprint density at radius 2 is 1.74 bits per heavy atom. The molecular formula is C18H15N5. The van der Waals surface area contributed by atoms with E-state index in [2.05, 4.69) is 37.6 Å². The number of aryl methyl sites for hydroxylation is 1. The molecule has 4 rings (SSSR count). The van der Waals surface area contributed by atoms with Gasteiger partial charge in [0.05, 0.1) is 11.7 Å². The van der Waals surface area contributed by atoms with Crippen molar-refractivity contribution >= 4 is 22.4 Å². The van der Waals surface area contributed by atoms with Crippen LogP contribution in [0.3, 0.4) is 0 Å². The summed E-state index contributed by atoms with van der Waals surface area (Å²) in [5, 5.41) is 11.2. The third kappa shape index (κ3) is 2.64. The molecular weight excluding hydrogens is 286 g/mol. The van der Waals surface area contributed by atoms with Gasteiger partial charge >= 0.3 is 0 Å². The number of benzene rings is 2. The number of anilines is 2. The van der Waals surface area contributed by atoms with Gasteiger partial charge < -0.3 is 5.32 Å². The summed E-state index contributed by atoms with van der Waals surface area (Å²) in [5.41, 5.74) is 4.12. The van der Waals surface area contributed by atoms with Gasteiger partial charge in [-0.15, -0.1) is 0 Å². The van der Waals surface area contributed by atoms with Crippen LogP contribution in [0.5, 0.6) is 0 Å². The predicted molar refractivity (Wildman–Crippen MR) is 91.6 cm³/mol. The number of hydrogen-bond acceptors (Lipinski definition) is 4. The zero-order valence-corrected chi connectivity index (χ0v) is 12.6. The van der Waals surface area contributed by atoms with Crippen LogP contribution < -0.4 is 5.32 Å². The molecule has 0 saturated carbocycles. The molecule has 2 aromatic heterocycles. The summed E-state index contributed by atoms with van der Waals surface area (Å²) >= 11 is 0. The maximum Gasteiger partial charge on any atom is 0.142 e. The molecule has 0 amide bonds. The van der Waals surface area contributed by atoms with Gasteiger partial charge in [0.2, 0.25) is 0 Å². The molecule has 0 radical (unpaired) electrons. The molecule has 5 nitrogen and oxygen atoms in total. The van der Waals surface area contributed by atoms with Gasteiger partial charge in [0, 0.05) is 22.8 Å². The van der Waals surface area contributed by atoms with Crippen molar-refractivity contribution in [3.8, 4) is 11.1 Å². The van der Waals surface area contributed by atoms with E-state index in [0.29, 0.717) is 0 Å². The highest BCUT2D eigenvalue weighted by Gasteiger charge is 2.06. The predicted octanol–water partition coefficient (Wildman–Crippen LogP) is 4.07. The highest BCUT2D eigenvalue weighted by Crippen LogP contribution is 2.25. The molecule has 0 bridgehead atoms. The van der Waals surface area contributed by atoms with Crippen LogP contribution in [0.2, 0.25) is 0 Å². The molecule has 0 aliphatic heterocycles. The average molecular weight is 301 g/mol. The van der Waals surface area contributed by atoms with E-state index in [1.54, 1.807) is 0 Å². The molecule has 23 heavy (non-hydrogen) atoms. The number of H-pyrrole nitrogens is 1. The van der Waals surface area contributed by atoms with Crippen LogP contribution in [0.25, 0.3) is 22.0 Å². The van der Waals surface area contributed by atoms with Crippen molar-refractivity contribution in [3.05, 3.63) is 66.7 Å². The topological polar surface area (TPSA) is 66.5 Å². The molecule has 2 N–H and O–H groups in total. The van der Waals surface area contributed by atoms with E-state index in [1.165, 1.54) is 0 Å². The van der Waals surface area contributed by atoms with Gasteiger partial charge in [0.1, 0.15) is 11.6 Å². The summed E-state index contributed by atoms with van der Waals surface area (Å²) in [6, 6.07) is 16.2. The first-order valence-corrected chi connectivity index (χ1v) is 7.39. The largest absolute Gasteiger partial charge is 0.340 e. The number of rotatable bonds is 3. The number of aromatic amines is 1. The average Bonchev–Trinajstić information content (AvgIpc) is 3.10. The summed E-state index contributed by atoms with van der Waals surface area (Å²) in [7, 11) is 0. The molecule has 2 aromatic carbocycles. The lowest BCUT2D eigenvalue weighted by Crippen LogP contribution is -1.98. The van der Waals surface area contributed by atoms with Crippen molar-refractivity contribution < 1.29 is 0 Å². The zero-order chi connectivity index (χ0) is 15.6. The van der Waals surface area contributed by atoms with Crippen LogP contribution in [-0.2, 0) is 0 Å². The molecule has 2 heterocycles. The Kier molecular flexibility index (Phi) is 3.24. The summed E-state index contributed by atoms with van der Waals surface area (Å²) in [6.07, 6.45) is 3.69. The molecule has 0 saturated heterocycles. The normalized spacial score (nSPS) is 10.8. The Labute approximate surface area is 133 Å². The fourth-order valence-corrected chi connectivity index (χ4v) is 2.58. The quantitative estimate of drug-likeness (QED) is 0.598. The second-order valence-corrected chi connectivity index (χ2v) is 5.33. The van der Waals surface area contributed by atoms with Crippen molar-refractivity contribution in [2.45, 2.75) is 6.92 Å². The Balaban J connectivity index is 1.68. The molecule has 4 aromatic rings. The second kappa shape index (κ2) is 5.53. The number of aromatic nitrogens is 4. The molecule has 0 aliphatic carbocycles. The summed E-state index contributed by atoms with van der Waals surface area (Å²) < 4.78 is 0. The summed E-state index contributed by atoms with van der Waals surface area (Å²) in [5.74, 6) is 1.57. The summed E-state index contributed by atoms with van der Waals surface area (Å²) in [6.45, 7) is 1.90. The number of nitrogens with zero attached hydrogens (tertiary/aromatic N) is 3. The monoisotopic (exact) mass is 301 g/mol. The zero-order valence-electron chi connectivity index (χ0n) is 12.6. The molecule has 0 atom stereocenters. The number of nitrogens with one attached hydrogen (secondary N) is 2. The van der Waals surface area contributed by atoms with Crippen LogP contribution >= 0.6 is 0 Å². The van der Waals surface area contributed by atoms with Crippen LogP contribution in [0.15, 0.2) is 60.9 Å². The van der Waals surface area contributed by atoms with Gasteiger partial charge in [-0.05, 0) is 36.8 Å². The fourth-order valence-electron chi connectivity index (χ4n) is 2.58. The van der Waals surface area contributed by atoms with E-state index in [4.69, 9.17) is 0 Å². The Morgan fingerprint density at radius 1 is 0.913 bits per heavy atom. The number of para-hydroxylation sites is 1. The third-order valence-corrected chi connectivity index (χ3v) is 3.69. The lowest BCUT2D eigenvalue weighted by molar-refractivity contribution is 1.09. The van der Waals surface area contributed by atoms with Crippen LogP contribution in [0.1, 0.15) is 5.82 Å². The molecule has 0 fully saturated rings. The van der Waals surface area contributed by atoms with Gasteiger partial charge in [0.25, 0.3) is 0 Å². The molecule has 0 unspecified atom stereocenters. The minimum atomic E-state index is 0.751. The van der Waals surface area contributed by atoms with Crippen molar-refractivity contribution in [1.29, 1.82) is 0 Å². The van der Waals surface area contributed by atoms with Gasteiger partial charge in [-0.25, -0.2) is 9.97 Å². The van der Waals surface area contributed by atoms with E-state index in [1.807, 2.05) is 55.7 Å². The van der Waals surface area contributed by atoms with Crippen molar-refractivity contribution in [3.63, 3.8) is 0 Å². The maximum absolute atomic E-state index is 4.53. The standard InChI is InChI=1S/C18H15N5/c1-12-21-17-5-3-2-4-16(17)18(22-12)23-15-8-6-13(7-9-15)14-10-19-20-11-14/h2-11H,1H3,(H,19,20)(H,21,22,23). The minimum Gasteiger partial charge on any atom is -0.340 e. The van der Waals surface area contributed by atoms with Gasteiger partial charge in [-0.3, -0.25) is 5.10 Å². The van der Waals surface area contributed by atoms with E-state index < -0.39 is 0 Å². The van der Waals surface area contributed by atoms with E-state index in [0.717, 1.165) is 39.4 Å². The number of fused-ring (bicyclic) bond motifs is 1. The lowest BCUT2D eigenvalue weighted by Gasteiger charge is -2.10. The Bertz CT molecular complexity index is 943. The van der Waals surface area contributed by atoms with Crippen molar-refractivity contribution in [2.75, 3.05) is 5.32 Å². The first-order valence-electron chi connectivity index (χ1n) is 7.39. The SMILES string of the molecule is Cc1nc(Nc2ccc(-c3cn[nH]c3)cc2)c2ccccc2n1. The molecule has 5 heteroatoms. The van der Waals surface area contributed by atoms with Gasteiger partial charge in [-0.2, -0.15) is 5.10 Å². The first kappa shape index (κ1) is 13.5. The van der Waals surface area contributed by atoms with Crippen molar-refractivity contribution in [1.82, 2.24) is 20.2 Å². The van der Waals surface area contributed by atoms with Gasteiger partial charge in [-0.1, -0.05) is 24.3 Å². The smallest absolute Gasteiger partial charge is 0.142 e. The summed E-state index contributed by atoms with van der Waals surface area (Å²) in [4.78, 5) is 9.00. The van der Waals surface area contributed by atoms with E-state index >= 15 is 0 Å². The Hall–Kier alpha value is -3.21. The second-order valence-electron chi connectivity index (χ2n) is 5.33. The van der Waals surface area contributed by atoms with Crippen LogP contribution in [-0.4, -0.2) is 20.2 Å². The highest BCUT2D eigenvalue weighted by molar-refractivity contribution is 5.90. The van der Waals surface area contributed by atoms with E-state index in [9.17, 15) is 0 Å².